The number of aliphatic hydroxyl groups is 1. The fourth-order valence-electron chi connectivity index (χ4n) is 4.42. The van der Waals surface area contributed by atoms with Crippen molar-refractivity contribution >= 4 is 16.8 Å². The molecule has 40 heavy (non-hydrogen) atoms. The molecule has 9 heteroatoms. The van der Waals surface area contributed by atoms with Crippen LogP contribution in [-0.2, 0) is 6.42 Å². The first-order chi connectivity index (χ1) is 19.4. The van der Waals surface area contributed by atoms with Crippen LogP contribution in [0, 0.1) is 11.8 Å². The van der Waals surface area contributed by atoms with E-state index >= 15 is 0 Å². The Morgan fingerprint density at radius 2 is 1.88 bits per heavy atom. The van der Waals surface area contributed by atoms with Gasteiger partial charge in [0.1, 0.15) is 5.75 Å². The van der Waals surface area contributed by atoms with E-state index in [1.54, 1.807) is 30.6 Å². The van der Waals surface area contributed by atoms with Crippen molar-refractivity contribution in [1.82, 2.24) is 25.5 Å². The lowest BCUT2D eigenvalue weighted by Gasteiger charge is -2.19. The highest BCUT2D eigenvalue weighted by molar-refractivity contribution is 5.97. The van der Waals surface area contributed by atoms with Crippen LogP contribution in [0.25, 0.3) is 22.2 Å². The Morgan fingerprint density at radius 1 is 1.05 bits per heavy atom. The van der Waals surface area contributed by atoms with E-state index in [1.807, 2.05) is 50.4 Å². The molecule has 0 aliphatic heterocycles. The Morgan fingerprint density at radius 3 is 2.65 bits per heavy atom. The molecule has 0 fully saturated rings. The topological polar surface area (TPSA) is 136 Å². The third kappa shape index (κ3) is 6.14. The second-order valence-corrected chi connectivity index (χ2v) is 9.68. The van der Waals surface area contributed by atoms with Crippen LogP contribution in [0.5, 0.6) is 5.75 Å². The molecular weight excluding hydrogens is 506 g/mol. The van der Waals surface area contributed by atoms with Crippen LogP contribution >= 0.6 is 0 Å². The van der Waals surface area contributed by atoms with Crippen molar-refractivity contribution < 1.29 is 14.6 Å². The molecule has 1 atom stereocenters. The molecular formula is C31H29N5O4. The number of pyridine rings is 1. The number of nitrogens with one attached hydrogen (secondary N) is 4. The first-order valence-corrected chi connectivity index (χ1v) is 12.9. The van der Waals surface area contributed by atoms with Crippen molar-refractivity contribution in [2.45, 2.75) is 32.4 Å². The molecule has 202 valence electrons. The summed E-state index contributed by atoms with van der Waals surface area (Å²) < 4.78 is 5.91. The Labute approximate surface area is 230 Å². The third-order valence-electron chi connectivity index (χ3n) is 6.28. The normalized spacial score (nSPS) is 11.7. The summed E-state index contributed by atoms with van der Waals surface area (Å²) in [6.07, 6.45) is 5.49. The van der Waals surface area contributed by atoms with Gasteiger partial charge in [0.25, 0.3) is 11.5 Å². The lowest BCUT2D eigenvalue weighted by Crippen LogP contribution is -2.39. The van der Waals surface area contributed by atoms with Crippen molar-refractivity contribution in [2.24, 2.45) is 0 Å². The molecule has 0 radical (unpaired) electrons. The van der Waals surface area contributed by atoms with Crippen LogP contribution in [0.3, 0.4) is 0 Å². The zero-order valence-electron chi connectivity index (χ0n) is 22.1. The van der Waals surface area contributed by atoms with Gasteiger partial charge < -0.3 is 20.1 Å². The maximum Gasteiger partial charge on any atom is 0.264 e. The van der Waals surface area contributed by atoms with E-state index in [0.29, 0.717) is 34.6 Å². The van der Waals surface area contributed by atoms with Crippen LogP contribution in [0.2, 0.25) is 0 Å². The first kappa shape index (κ1) is 26.5. The highest BCUT2D eigenvalue weighted by atomic mass is 16.5. The molecule has 0 unspecified atom stereocenters. The maximum absolute atomic E-state index is 13.4. The van der Waals surface area contributed by atoms with E-state index in [2.05, 4.69) is 37.3 Å². The van der Waals surface area contributed by atoms with Gasteiger partial charge in [0, 0.05) is 52.3 Å². The summed E-state index contributed by atoms with van der Waals surface area (Å²) in [5.74, 6) is 6.23. The monoisotopic (exact) mass is 535 g/mol. The zero-order chi connectivity index (χ0) is 28.1. The average molecular weight is 536 g/mol. The molecule has 5 N–H and O–H groups in total. The van der Waals surface area contributed by atoms with Gasteiger partial charge in [-0.2, -0.15) is 0 Å². The fraction of sp³-hybridized carbons (Fsp3) is 0.194. The van der Waals surface area contributed by atoms with E-state index in [9.17, 15) is 14.7 Å². The smallest absolute Gasteiger partial charge is 0.264 e. The Kier molecular flexibility index (Phi) is 7.80. The third-order valence-corrected chi connectivity index (χ3v) is 6.28. The van der Waals surface area contributed by atoms with Gasteiger partial charge in [-0.25, -0.2) is 0 Å². The number of carbonyl (C=O) groups excluding carboxylic acids is 1. The summed E-state index contributed by atoms with van der Waals surface area (Å²) in [7, 11) is 0. The zero-order valence-corrected chi connectivity index (χ0v) is 22.1. The Hall–Kier alpha value is -5.07. The number of carbonyl (C=O) groups is 1. The maximum atomic E-state index is 13.4. The number of ether oxygens (including phenoxy) is 1. The number of fused-ring (bicyclic) bond motifs is 1. The molecule has 2 aromatic carbocycles. The molecule has 3 aromatic heterocycles. The largest absolute Gasteiger partial charge is 0.490 e. The Bertz CT molecular complexity index is 1770. The van der Waals surface area contributed by atoms with E-state index in [1.165, 1.54) is 6.07 Å². The number of rotatable bonds is 8. The lowest BCUT2D eigenvalue weighted by atomic mass is 10.0. The number of para-hydroxylation sites is 1. The number of aromatic nitrogens is 4. The van der Waals surface area contributed by atoms with Crippen molar-refractivity contribution in [3.63, 3.8) is 0 Å². The molecule has 9 nitrogen and oxygen atoms in total. The predicted molar refractivity (Wildman–Crippen MR) is 153 cm³/mol. The summed E-state index contributed by atoms with van der Waals surface area (Å²) in [5.41, 5.74) is 4.69. The summed E-state index contributed by atoms with van der Waals surface area (Å²) in [4.78, 5) is 32.4. The number of hydrogen-bond donors (Lipinski definition) is 5. The van der Waals surface area contributed by atoms with Crippen molar-refractivity contribution in [2.75, 3.05) is 6.61 Å². The molecule has 0 saturated heterocycles. The van der Waals surface area contributed by atoms with E-state index in [4.69, 9.17) is 4.74 Å². The lowest BCUT2D eigenvalue weighted by molar-refractivity contribution is 0.0910. The molecule has 5 rings (SSSR count). The van der Waals surface area contributed by atoms with Crippen molar-refractivity contribution in [3.05, 3.63) is 106 Å². The minimum atomic E-state index is -0.498. The SMILES string of the molecule is CC(C)Oc1ccc(C#Cc2cncc(-c3cc(=O)[nH][nH]3)c2)cc1C(=O)N[C@@H](CO)Cc1c[nH]c2ccccc12. The highest BCUT2D eigenvalue weighted by Gasteiger charge is 2.19. The highest BCUT2D eigenvalue weighted by Crippen LogP contribution is 2.23. The molecule has 1 amide bonds. The summed E-state index contributed by atoms with van der Waals surface area (Å²) in [5, 5.41) is 19.4. The van der Waals surface area contributed by atoms with Crippen LogP contribution < -0.4 is 15.6 Å². The molecule has 0 aliphatic rings. The molecule has 0 bridgehead atoms. The number of benzene rings is 2. The van der Waals surface area contributed by atoms with Gasteiger partial charge >= 0.3 is 0 Å². The fourth-order valence-corrected chi connectivity index (χ4v) is 4.42. The molecule has 0 aliphatic carbocycles. The van der Waals surface area contributed by atoms with Gasteiger partial charge in [-0.3, -0.25) is 24.8 Å². The molecule has 0 saturated carbocycles. The van der Waals surface area contributed by atoms with Crippen LogP contribution in [0.4, 0.5) is 0 Å². The average Bonchev–Trinajstić information content (AvgIpc) is 3.58. The van der Waals surface area contributed by atoms with E-state index < -0.39 is 6.04 Å². The van der Waals surface area contributed by atoms with Crippen LogP contribution in [-0.4, -0.2) is 49.9 Å². The van der Waals surface area contributed by atoms with Gasteiger partial charge in [-0.1, -0.05) is 30.0 Å². The summed E-state index contributed by atoms with van der Waals surface area (Å²) in [6.45, 7) is 3.56. The van der Waals surface area contributed by atoms with Gasteiger partial charge in [0.05, 0.1) is 30.0 Å². The number of amides is 1. The molecule has 5 aromatic rings. The molecule has 0 spiro atoms. The number of aliphatic hydroxyl groups excluding tert-OH is 1. The van der Waals surface area contributed by atoms with E-state index in [0.717, 1.165) is 22.0 Å². The quantitative estimate of drug-likeness (QED) is 0.193. The predicted octanol–water partition coefficient (Wildman–Crippen LogP) is 3.77. The molecule has 3 heterocycles. The minimum Gasteiger partial charge on any atom is -0.490 e. The second-order valence-electron chi connectivity index (χ2n) is 9.68. The van der Waals surface area contributed by atoms with Gasteiger partial charge in [-0.15, -0.1) is 0 Å². The van der Waals surface area contributed by atoms with Gasteiger partial charge in [-0.05, 0) is 56.2 Å². The van der Waals surface area contributed by atoms with Crippen molar-refractivity contribution in [3.8, 4) is 28.8 Å². The van der Waals surface area contributed by atoms with Crippen LogP contribution in [0.1, 0.15) is 40.9 Å². The van der Waals surface area contributed by atoms with Crippen LogP contribution in [0.15, 0.2) is 78.0 Å². The summed E-state index contributed by atoms with van der Waals surface area (Å²) in [6, 6.07) is 15.9. The Balaban J connectivity index is 1.38. The first-order valence-electron chi connectivity index (χ1n) is 12.9. The second kappa shape index (κ2) is 11.8. The van der Waals surface area contributed by atoms with Gasteiger partial charge in [0.2, 0.25) is 0 Å². The van der Waals surface area contributed by atoms with Gasteiger partial charge in [0.15, 0.2) is 0 Å². The number of H-pyrrole nitrogens is 3. The number of hydrogen-bond acceptors (Lipinski definition) is 5. The summed E-state index contributed by atoms with van der Waals surface area (Å²) >= 11 is 0. The van der Waals surface area contributed by atoms with E-state index in [-0.39, 0.29) is 24.2 Å². The van der Waals surface area contributed by atoms with Crippen molar-refractivity contribution in [1.29, 1.82) is 0 Å². The number of aromatic amines is 3. The number of nitrogens with zero attached hydrogens (tertiary/aromatic N) is 1. The minimum absolute atomic E-state index is 0.142. The standard InChI is InChI=1S/C31H29N5O4/c1-19(2)40-29-10-9-20(7-8-21-11-23(16-32-15-21)28-14-30(38)36-35-28)12-26(29)31(39)34-24(18-37)13-22-17-33-27-6-4-3-5-25(22)27/h3-6,9-12,14-17,19,24,33,37H,13,18H2,1-2H3,(H,34,39)(H2,35,36,38)/t24-/m1/s1.